The summed E-state index contributed by atoms with van der Waals surface area (Å²) in [5.74, 6) is 0.894. The Hall–Kier alpha value is -1.06. The highest BCUT2D eigenvalue weighted by Gasteiger charge is 2.03. The first-order valence-electron chi connectivity index (χ1n) is 5.02. The molecule has 0 heterocycles. The summed E-state index contributed by atoms with van der Waals surface area (Å²) in [6.07, 6.45) is 0.408. The van der Waals surface area contributed by atoms with Gasteiger partial charge in [0.05, 0.1) is 5.84 Å². The Labute approximate surface area is 86.0 Å². The van der Waals surface area contributed by atoms with Crippen molar-refractivity contribution in [2.75, 3.05) is 6.54 Å². The van der Waals surface area contributed by atoms with Crippen molar-refractivity contribution in [3.05, 3.63) is 0 Å². The molecule has 0 aliphatic heterocycles. The van der Waals surface area contributed by atoms with E-state index in [2.05, 4.69) is 10.3 Å². The lowest BCUT2D eigenvalue weighted by molar-refractivity contribution is -0.121. The van der Waals surface area contributed by atoms with E-state index in [1.807, 2.05) is 27.7 Å². The van der Waals surface area contributed by atoms with E-state index in [4.69, 9.17) is 5.73 Å². The average molecular weight is 199 g/mol. The molecule has 0 aromatic carbocycles. The van der Waals surface area contributed by atoms with E-state index in [1.165, 1.54) is 0 Å². The second kappa shape index (κ2) is 6.40. The summed E-state index contributed by atoms with van der Waals surface area (Å²) < 4.78 is 0. The molecule has 0 aliphatic rings. The van der Waals surface area contributed by atoms with Crippen LogP contribution in [0.4, 0.5) is 0 Å². The normalized spacial score (nSPS) is 12.3. The van der Waals surface area contributed by atoms with Crippen LogP contribution in [0, 0.1) is 5.92 Å². The summed E-state index contributed by atoms with van der Waals surface area (Å²) in [5, 5.41) is 2.80. The minimum absolute atomic E-state index is 0.0281. The van der Waals surface area contributed by atoms with Gasteiger partial charge in [-0.1, -0.05) is 13.8 Å². The summed E-state index contributed by atoms with van der Waals surface area (Å²) in [6, 6.07) is 0.189. The predicted octanol–water partition coefficient (Wildman–Crippen LogP) is 0.914. The first-order valence-corrected chi connectivity index (χ1v) is 5.02. The van der Waals surface area contributed by atoms with Gasteiger partial charge in [-0.3, -0.25) is 9.79 Å². The molecule has 1 amide bonds. The van der Waals surface area contributed by atoms with Crippen molar-refractivity contribution in [2.24, 2.45) is 16.6 Å². The first kappa shape index (κ1) is 12.9. The van der Waals surface area contributed by atoms with Crippen LogP contribution >= 0.6 is 0 Å². The molecular weight excluding hydrogens is 178 g/mol. The fourth-order valence-electron chi connectivity index (χ4n) is 0.863. The molecule has 0 bridgehead atoms. The van der Waals surface area contributed by atoms with Crippen LogP contribution in [0.2, 0.25) is 0 Å². The van der Waals surface area contributed by atoms with Crippen LogP contribution in [-0.2, 0) is 4.79 Å². The van der Waals surface area contributed by atoms with Crippen molar-refractivity contribution in [1.29, 1.82) is 0 Å². The molecule has 0 spiro atoms. The van der Waals surface area contributed by atoms with E-state index >= 15 is 0 Å². The molecule has 0 saturated heterocycles. The number of nitrogens with two attached hydrogens (primary N) is 1. The van der Waals surface area contributed by atoms with Crippen LogP contribution < -0.4 is 11.1 Å². The van der Waals surface area contributed by atoms with Crippen molar-refractivity contribution in [1.82, 2.24) is 5.32 Å². The number of amidine groups is 1. The quantitative estimate of drug-likeness (QED) is 0.510. The number of aliphatic imine (C=N–C) groups is 1. The zero-order chi connectivity index (χ0) is 11.1. The van der Waals surface area contributed by atoms with Crippen molar-refractivity contribution in [3.63, 3.8) is 0 Å². The Morgan fingerprint density at radius 1 is 1.36 bits per heavy atom. The highest BCUT2D eigenvalue weighted by Crippen LogP contribution is 1.92. The van der Waals surface area contributed by atoms with Gasteiger partial charge in [0.25, 0.3) is 0 Å². The summed E-state index contributed by atoms with van der Waals surface area (Å²) in [7, 11) is 0. The van der Waals surface area contributed by atoms with E-state index < -0.39 is 0 Å². The second-order valence-electron chi connectivity index (χ2n) is 3.93. The number of nitrogens with one attached hydrogen (secondary N) is 1. The molecule has 4 nitrogen and oxygen atoms in total. The molecule has 0 radical (unpaired) electrons. The minimum atomic E-state index is 0.0281. The lowest BCUT2D eigenvalue weighted by Gasteiger charge is -2.07. The number of hydrogen-bond donors (Lipinski definition) is 2. The lowest BCUT2D eigenvalue weighted by Crippen LogP contribution is -2.30. The fraction of sp³-hybridized carbons (Fsp3) is 0.800. The number of hydrogen-bond acceptors (Lipinski definition) is 2. The third-order valence-corrected chi connectivity index (χ3v) is 1.67. The van der Waals surface area contributed by atoms with Gasteiger partial charge >= 0.3 is 0 Å². The molecule has 4 heteroatoms. The molecule has 0 aromatic heterocycles. The third-order valence-electron chi connectivity index (χ3n) is 1.67. The standard InChI is InChI=1S/C10H21N3O/c1-7(2)10(11)12-6-5-9(14)13-8(3)4/h7-8H,5-6H2,1-4H3,(H2,11,12)(H,13,14). The molecular formula is C10H21N3O. The van der Waals surface area contributed by atoms with E-state index in [9.17, 15) is 4.79 Å². The predicted molar refractivity (Wildman–Crippen MR) is 59.2 cm³/mol. The minimum Gasteiger partial charge on any atom is -0.387 e. The van der Waals surface area contributed by atoms with Gasteiger partial charge in [-0.25, -0.2) is 0 Å². The summed E-state index contributed by atoms with van der Waals surface area (Å²) in [4.78, 5) is 15.3. The molecule has 3 N–H and O–H groups in total. The molecule has 0 fully saturated rings. The number of rotatable bonds is 5. The van der Waals surface area contributed by atoms with Crippen LogP contribution in [0.5, 0.6) is 0 Å². The van der Waals surface area contributed by atoms with Crippen LogP contribution in [-0.4, -0.2) is 24.3 Å². The zero-order valence-electron chi connectivity index (χ0n) is 9.50. The Morgan fingerprint density at radius 3 is 2.36 bits per heavy atom. The Kier molecular flexibility index (Phi) is 5.92. The van der Waals surface area contributed by atoms with Crippen LogP contribution in [0.1, 0.15) is 34.1 Å². The van der Waals surface area contributed by atoms with E-state index in [0.29, 0.717) is 18.8 Å². The molecule has 0 saturated carbocycles. The molecule has 0 atom stereocenters. The third kappa shape index (κ3) is 6.46. The van der Waals surface area contributed by atoms with Gasteiger partial charge in [0.15, 0.2) is 0 Å². The number of amides is 1. The van der Waals surface area contributed by atoms with Crippen LogP contribution in [0.3, 0.4) is 0 Å². The maximum Gasteiger partial charge on any atom is 0.222 e. The monoisotopic (exact) mass is 199 g/mol. The van der Waals surface area contributed by atoms with Gasteiger partial charge in [0.1, 0.15) is 0 Å². The molecule has 14 heavy (non-hydrogen) atoms. The van der Waals surface area contributed by atoms with Crippen molar-refractivity contribution in [2.45, 2.75) is 40.2 Å². The van der Waals surface area contributed by atoms with Gasteiger partial charge in [0.2, 0.25) is 5.91 Å². The van der Waals surface area contributed by atoms with Crippen molar-refractivity contribution in [3.8, 4) is 0 Å². The molecule has 82 valence electrons. The smallest absolute Gasteiger partial charge is 0.222 e. The second-order valence-corrected chi connectivity index (χ2v) is 3.93. The SMILES string of the molecule is CC(C)NC(=O)CCN=C(N)C(C)C. The van der Waals surface area contributed by atoms with Crippen molar-refractivity contribution < 1.29 is 4.79 Å². The first-order chi connectivity index (χ1) is 6.43. The summed E-state index contributed by atoms with van der Waals surface area (Å²) >= 11 is 0. The Morgan fingerprint density at radius 2 is 1.93 bits per heavy atom. The van der Waals surface area contributed by atoms with E-state index in [1.54, 1.807) is 0 Å². The largest absolute Gasteiger partial charge is 0.387 e. The van der Waals surface area contributed by atoms with E-state index in [0.717, 1.165) is 0 Å². The van der Waals surface area contributed by atoms with Crippen LogP contribution in [0.25, 0.3) is 0 Å². The maximum atomic E-state index is 11.2. The average Bonchev–Trinajstić information content (AvgIpc) is 2.02. The van der Waals surface area contributed by atoms with Gasteiger partial charge in [-0.05, 0) is 13.8 Å². The van der Waals surface area contributed by atoms with Gasteiger partial charge < -0.3 is 11.1 Å². The topological polar surface area (TPSA) is 67.5 Å². The lowest BCUT2D eigenvalue weighted by atomic mass is 10.2. The Bertz CT molecular complexity index is 209. The molecule has 0 aliphatic carbocycles. The summed E-state index contributed by atoms with van der Waals surface area (Å²) in [6.45, 7) is 8.30. The van der Waals surface area contributed by atoms with Gasteiger partial charge in [-0.2, -0.15) is 0 Å². The van der Waals surface area contributed by atoms with Gasteiger partial charge in [-0.15, -0.1) is 0 Å². The molecule has 0 unspecified atom stereocenters. The molecule has 0 aromatic rings. The van der Waals surface area contributed by atoms with Gasteiger partial charge in [0, 0.05) is 24.9 Å². The fourth-order valence-corrected chi connectivity index (χ4v) is 0.863. The summed E-state index contributed by atoms with van der Waals surface area (Å²) in [5.41, 5.74) is 5.62. The number of carbonyl (C=O) groups is 1. The maximum absolute atomic E-state index is 11.2. The number of nitrogens with zero attached hydrogens (tertiary/aromatic N) is 1. The molecule has 0 rings (SSSR count). The number of carbonyl (C=O) groups excluding carboxylic acids is 1. The highest BCUT2D eigenvalue weighted by atomic mass is 16.1. The van der Waals surface area contributed by atoms with E-state index in [-0.39, 0.29) is 17.9 Å². The Balaban J connectivity index is 3.74. The van der Waals surface area contributed by atoms with Crippen LogP contribution in [0.15, 0.2) is 4.99 Å². The highest BCUT2D eigenvalue weighted by molar-refractivity contribution is 5.82. The zero-order valence-corrected chi connectivity index (χ0v) is 9.50. The van der Waals surface area contributed by atoms with Crippen molar-refractivity contribution >= 4 is 11.7 Å².